The third-order valence-corrected chi connectivity index (χ3v) is 5.89. The van der Waals surface area contributed by atoms with Crippen molar-refractivity contribution in [2.24, 2.45) is 0 Å². The minimum absolute atomic E-state index is 0.0730. The van der Waals surface area contributed by atoms with Crippen molar-refractivity contribution in [3.8, 4) is 11.5 Å². The Morgan fingerprint density at radius 2 is 1.92 bits per heavy atom. The molecule has 0 aliphatic carbocycles. The van der Waals surface area contributed by atoms with Crippen LogP contribution >= 0.6 is 15.9 Å². The fourth-order valence-electron chi connectivity index (χ4n) is 3.08. The van der Waals surface area contributed by atoms with Gasteiger partial charge in [0.05, 0.1) is 18.9 Å². The van der Waals surface area contributed by atoms with Crippen LogP contribution in [0.2, 0.25) is 0 Å². The van der Waals surface area contributed by atoms with Gasteiger partial charge in [0.25, 0.3) is 10.1 Å². The summed E-state index contributed by atoms with van der Waals surface area (Å²) in [5.41, 5.74) is 2.09. The van der Waals surface area contributed by atoms with Crippen LogP contribution in [0.3, 0.4) is 0 Å². The number of hydrogen-bond donors (Lipinski definition) is 0. The van der Waals surface area contributed by atoms with Crippen molar-refractivity contribution in [1.82, 2.24) is 0 Å². The second-order valence-electron chi connectivity index (χ2n) is 6.44. The predicted molar refractivity (Wildman–Crippen MR) is 107 cm³/mol. The van der Waals surface area contributed by atoms with Crippen molar-refractivity contribution < 1.29 is 17.3 Å². The second-order valence-corrected chi connectivity index (χ2v) is 8.94. The highest BCUT2D eigenvalue weighted by molar-refractivity contribution is 9.10. The minimum Gasteiger partial charge on any atom is -0.457 e. The lowest BCUT2D eigenvalue weighted by Gasteiger charge is -2.26. The van der Waals surface area contributed by atoms with Crippen molar-refractivity contribution in [1.29, 1.82) is 0 Å². The fraction of sp³-hybridized carbons (Fsp3) is 0.368. The molecule has 5 nitrogen and oxygen atoms in total. The normalized spacial score (nSPS) is 17.5. The lowest BCUT2D eigenvalue weighted by molar-refractivity contribution is 0.295. The van der Waals surface area contributed by atoms with Gasteiger partial charge in [-0.05, 0) is 56.2 Å². The molecule has 0 bridgehead atoms. The number of hydrogen-bond acceptors (Lipinski definition) is 5. The summed E-state index contributed by atoms with van der Waals surface area (Å²) < 4.78 is 34.5. The molecule has 0 radical (unpaired) electrons. The summed E-state index contributed by atoms with van der Waals surface area (Å²) in [6.45, 7) is 3.08. The Bertz CT molecular complexity index is 868. The zero-order valence-corrected chi connectivity index (χ0v) is 17.2. The molecule has 1 unspecified atom stereocenters. The van der Waals surface area contributed by atoms with Crippen LogP contribution in [0.15, 0.2) is 46.9 Å². The summed E-state index contributed by atoms with van der Waals surface area (Å²) in [4.78, 5) is 2.19. The average Bonchev–Trinajstić information content (AvgIpc) is 3.06. The van der Waals surface area contributed by atoms with E-state index in [1.54, 1.807) is 0 Å². The number of nitrogens with zero attached hydrogens (tertiary/aromatic N) is 1. The van der Waals surface area contributed by atoms with E-state index in [4.69, 9.17) is 8.92 Å². The summed E-state index contributed by atoms with van der Waals surface area (Å²) in [6, 6.07) is 13.8. The van der Waals surface area contributed by atoms with Gasteiger partial charge in [-0.15, -0.1) is 0 Å². The van der Waals surface area contributed by atoms with Crippen molar-refractivity contribution in [2.45, 2.75) is 25.8 Å². The molecule has 0 spiro atoms. The maximum Gasteiger partial charge on any atom is 0.264 e. The Balaban J connectivity index is 1.69. The molecule has 1 atom stereocenters. The maximum atomic E-state index is 11.2. The quantitative estimate of drug-likeness (QED) is 0.620. The molecule has 1 saturated heterocycles. The van der Waals surface area contributed by atoms with Gasteiger partial charge in [-0.25, -0.2) is 0 Å². The van der Waals surface area contributed by atoms with E-state index >= 15 is 0 Å². The molecule has 1 fully saturated rings. The first-order valence-corrected chi connectivity index (χ1v) is 11.1. The Hall–Kier alpha value is -1.57. The number of anilines is 1. The molecule has 7 heteroatoms. The van der Waals surface area contributed by atoms with E-state index in [9.17, 15) is 8.42 Å². The van der Waals surface area contributed by atoms with Gasteiger partial charge in [-0.1, -0.05) is 22.0 Å². The van der Waals surface area contributed by atoms with Crippen LogP contribution in [0.5, 0.6) is 11.5 Å². The van der Waals surface area contributed by atoms with Crippen LogP contribution in [-0.4, -0.2) is 33.9 Å². The van der Waals surface area contributed by atoms with Crippen molar-refractivity contribution >= 4 is 31.7 Å². The molecule has 3 rings (SSSR count). The van der Waals surface area contributed by atoms with E-state index in [1.807, 2.05) is 49.4 Å². The Morgan fingerprint density at radius 1 is 1.19 bits per heavy atom. The number of halogens is 1. The molecular weight excluding hydrogens is 418 g/mol. The summed E-state index contributed by atoms with van der Waals surface area (Å²) >= 11 is 3.51. The zero-order chi connectivity index (χ0) is 18.7. The van der Waals surface area contributed by atoms with Crippen molar-refractivity contribution in [2.75, 3.05) is 24.3 Å². The molecule has 140 valence electrons. The van der Waals surface area contributed by atoms with Crippen LogP contribution < -0.4 is 9.64 Å². The molecule has 1 aliphatic heterocycles. The Labute approximate surface area is 163 Å². The van der Waals surface area contributed by atoms with Gasteiger partial charge in [-0.3, -0.25) is 4.18 Å². The van der Waals surface area contributed by atoms with Crippen LogP contribution in [-0.2, 0) is 14.3 Å². The standard InChI is InChI=1S/C19H22BrNO4S/c1-14-18(20)6-3-7-19(14)25-17-10-8-15(9-11-17)21-12-4-5-16(21)13-24-26(2,22)23/h3,6-11,16H,4-5,12-13H2,1-2H3. The third-order valence-electron chi connectivity index (χ3n) is 4.47. The van der Waals surface area contributed by atoms with Crippen LogP contribution in [0.25, 0.3) is 0 Å². The molecule has 2 aromatic carbocycles. The van der Waals surface area contributed by atoms with E-state index in [1.165, 1.54) is 0 Å². The number of ether oxygens (including phenoxy) is 1. The number of rotatable bonds is 6. The summed E-state index contributed by atoms with van der Waals surface area (Å²) in [5.74, 6) is 1.57. The summed E-state index contributed by atoms with van der Waals surface area (Å²) in [5, 5.41) is 0. The van der Waals surface area contributed by atoms with Crippen LogP contribution in [0, 0.1) is 6.92 Å². The van der Waals surface area contributed by atoms with Crippen LogP contribution in [0.1, 0.15) is 18.4 Å². The Kier molecular flexibility index (Phi) is 5.89. The lowest BCUT2D eigenvalue weighted by atomic mass is 10.2. The monoisotopic (exact) mass is 439 g/mol. The third kappa shape index (κ3) is 4.78. The van der Waals surface area contributed by atoms with E-state index in [-0.39, 0.29) is 12.6 Å². The smallest absolute Gasteiger partial charge is 0.264 e. The fourth-order valence-corrected chi connectivity index (χ4v) is 3.83. The summed E-state index contributed by atoms with van der Waals surface area (Å²) in [6.07, 6.45) is 3.03. The highest BCUT2D eigenvalue weighted by Crippen LogP contribution is 2.32. The summed E-state index contributed by atoms with van der Waals surface area (Å²) in [7, 11) is -3.42. The van der Waals surface area contributed by atoms with Gasteiger partial charge < -0.3 is 9.64 Å². The largest absolute Gasteiger partial charge is 0.457 e. The first kappa shape index (κ1) is 19.2. The van der Waals surface area contributed by atoms with Gasteiger partial charge in [0.15, 0.2) is 0 Å². The molecule has 1 heterocycles. The highest BCUT2D eigenvalue weighted by Gasteiger charge is 2.26. The molecular formula is C19H22BrNO4S. The van der Waals surface area contributed by atoms with Crippen molar-refractivity contribution in [3.63, 3.8) is 0 Å². The molecule has 1 aliphatic rings. The lowest BCUT2D eigenvalue weighted by Crippen LogP contribution is -2.33. The molecule has 2 aromatic rings. The Morgan fingerprint density at radius 3 is 2.62 bits per heavy atom. The van der Waals surface area contributed by atoms with Gasteiger partial charge >= 0.3 is 0 Å². The predicted octanol–water partition coefficient (Wildman–Crippen LogP) is 4.49. The van der Waals surface area contributed by atoms with E-state index in [0.29, 0.717) is 0 Å². The molecule has 0 aromatic heterocycles. The van der Waals surface area contributed by atoms with E-state index in [0.717, 1.165) is 52.9 Å². The molecule has 0 N–H and O–H groups in total. The van der Waals surface area contributed by atoms with E-state index in [2.05, 4.69) is 20.8 Å². The zero-order valence-electron chi connectivity index (χ0n) is 14.8. The van der Waals surface area contributed by atoms with Gasteiger partial charge in [-0.2, -0.15) is 8.42 Å². The van der Waals surface area contributed by atoms with E-state index < -0.39 is 10.1 Å². The highest BCUT2D eigenvalue weighted by atomic mass is 79.9. The molecule has 0 amide bonds. The first-order valence-electron chi connectivity index (χ1n) is 8.47. The maximum absolute atomic E-state index is 11.2. The van der Waals surface area contributed by atoms with Gasteiger partial charge in [0.2, 0.25) is 0 Å². The number of benzene rings is 2. The minimum atomic E-state index is -3.42. The molecule has 0 saturated carbocycles. The van der Waals surface area contributed by atoms with Crippen LogP contribution in [0.4, 0.5) is 5.69 Å². The van der Waals surface area contributed by atoms with Crippen molar-refractivity contribution in [3.05, 3.63) is 52.5 Å². The first-order chi connectivity index (χ1) is 12.3. The second kappa shape index (κ2) is 7.98. The van der Waals surface area contributed by atoms with Gasteiger partial charge in [0.1, 0.15) is 11.5 Å². The van der Waals surface area contributed by atoms with Gasteiger partial charge in [0, 0.05) is 22.3 Å². The average molecular weight is 440 g/mol. The topological polar surface area (TPSA) is 55.8 Å². The SMILES string of the molecule is Cc1c(Br)cccc1Oc1ccc(N2CCCC2COS(C)(=O)=O)cc1. The molecule has 26 heavy (non-hydrogen) atoms.